The number of ether oxygens (including phenoxy) is 1. The standard InChI is InChI=1S/C22H29NO2/c1-4-15-22(16-5-2,18-11-7-6-8-12-18)17-23-21(24)19-13-9-10-14-20(19)25-3/h6-14H,4-5,15-17H2,1-3H3,(H,23,24). The summed E-state index contributed by atoms with van der Waals surface area (Å²) >= 11 is 0. The van der Waals surface area contributed by atoms with Gasteiger partial charge >= 0.3 is 0 Å². The molecule has 0 bridgehead atoms. The number of nitrogens with one attached hydrogen (secondary N) is 1. The van der Waals surface area contributed by atoms with E-state index >= 15 is 0 Å². The second kappa shape index (κ2) is 9.26. The van der Waals surface area contributed by atoms with E-state index in [1.165, 1.54) is 5.56 Å². The van der Waals surface area contributed by atoms with Gasteiger partial charge in [-0.3, -0.25) is 4.79 Å². The molecule has 2 rings (SSSR count). The van der Waals surface area contributed by atoms with Gasteiger partial charge in [0.15, 0.2) is 0 Å². The van der Waals surface area contributed by atoms with Gasteiger partial charge in [-0.15, -0.1) is 0 Å². The van der Waals surface area contributed by atoms with Crippen LogP contribution in [0.2, 0.25) is 0 Å². The highest BCUT2D eigenvalue weighted by molar-refractivity contribution is 5.96. The van der Waals surface area contributed by atoms with Crippen LogP contribution in [0.5, 0.6) is 5.75 Å². The van der Waals surface area contributed by atoms with Crippen molar-refractivity contribution in [2.24, 2.45) is 0 Å². The van der Waals surface area contributed by atoms with Crippen LogP contribution in [-0.4, -0.2) is 19.6 Å². The van der Waals surface area contributed by atoms with Gasteiger partial charge in [0.2, 0.25) is 0 Å². The van der Waals surface area contributed by atoms with Crippen molar-refractivity contribution in [2.75, 3.05) is 13.7 Å². The van der Waals surface area contributed by atoms with Crippen LogP contribution in [-0.2, 0) is 5.41 Å². The number of hydrogen-bond acceptors (Lipinski definition) is 2. The molecule has 0 saturated carbocycles. The van der Waals surface area contributed by atoms with Crippen molar-refractivity contribution in [1.82, 2.24) is 5.32 Å². The summed E-state index contributed by atoms with van der Waals surface area (Å²) in [5, 5.41) is 3.16. The molecule has 0 heterocycles. The Hall–Kier alpha value is -2.29. The lowest BCUT2D eigenvalue weighted by molar-refractivity contribution is 0.0937. The molecule has 1 N–H and O–H groups in total. The monoisotopic (exact) mass is 339 g/mol. The predicted molar refractivity (Wildman–Crippen MR) is 103 cm³/mol. The van der Waals surface area contributed by atoms with E-state index in [0.29, 0.717) is 17.9 Å². The highest BCUT2D eigenvalue weighted by Crippen LogP contribution is 2.34. The van der Waals surface area contributed by atoms with Crippen molar-refractivity contribution in [3.8, 4) is 5.75 Å². The van der Waals surface area contributed by atoms with E-state index in [1.807, 2.05) is 24.3 Å². The Bertz CT molecular complexity index is 661. The maximum absolute atomic E-state index is 12.7. The fourth-order valence-corrected chi connectivity index (χ4v) is 3.62. The number of carbonyl (C=O) groups is 1. The summed E-state index contributed by atoms with van der Waals surface area (Å²) in [5.41, 5.74) is 1.86. The Morgan fingerprint density at radius 2 is 1.56 bits per heavy atom. The number of methoxy groups -OCH3 is 1. The Morgan fingerprint density at radius 1 is 0.960 bits per heavy atom. The van der Waals surface area contributed by atoms with E-state index in [9.17, 15) is 4.79 Å². The average Bonchev–Trinajstić information content (AvgIpc) is 2.67. The molecule has 0 aliphatic rings. The van der Waals surface area contributed by atoms with Gasteiger partial charge in [-0.2, -0.15) is 0 Å². The predicted octanol–water partition coefficient (Wildman–Crippen LogP) is 4.96. The fourth-order valence-electron chi connectivity index (χ4n) is 3.62. The van der Waals surface area contributed by atoms with Crippen LogP contribution in [0, 0.1) is 0 Å². The molecule has 2 aromatic rings. The van der Waals surface area contributed by atoms with E-state index < -0.39 is 0 Å². The van der Waals surface area contributed by atoms with E-state index in [-0.39, 0.29) is 11.3 Å². The van der Waals surface area contributed by atoms with Crippen molar-refractivity contribution in [1.29, 1.82) is 0 Å². The first-order valence-corrected chi connectivity index (χ1v) is 9.13. The van der Waals surface area contributed by atoms with Gasteiger partial charge in [-0.25, -0.2) is 0 Å². The van der Waals surface area contributed by atoms with E-state index in [1.54, 1.807) is 13.2 Å². The average molecular weight is 339 g/mol. The first kappa shape index (κ1) is 19.0. The molecule has 0 radical (unpaired) electrons. The van der Waals surface area contributed by atoms with Gasteiger partial charge in [0.05, 0.1) is 12.7 Å². The first-order valence-electron chi connectivity index (χ1n) is 9.13. The first-order chi connectivity index (χ1) is 12.2. The molecular formula is C22H29NO2. The minimum atomic E-state index is -0.0787. The number of hydrogen-bond donors (Lipinski definition) is 1. The molecule has 0 spiro atoms. The van der Waals surface area contributed by atoms with Crippen molar-refractivity contribution >= 4 is 5.91 Å². The van der Waals surface area contributed by atoms with Gasteiger partial charge < -0.3 is 10.1 Å². The van der Waals surface area contributed by atoms with Crippen LogP contribution in [0.4, 0.5) is 0 Å². The van der Waals surface area contributed by atoms with Crippen LogP contribution in [0.25, 0.3) is 0 Å². The van der Waals surface area contributed by atoms with Crippen molar-refractivity contribution < 1.29 is 9.53 Å². The maximum atomic E-state index is 12.7. The van der Waals surface area contributed by atoms with Gasteiger partial charge in [0, 0.05) is 12.0 Å². The second-order valence-corrected chi connectivity index (χ2v) is 6.53. The van der Waals surface area contributed by atoms with Gasteiger partial charge in [0.25, 0.3) is 5.91 Å². The molecule has 0 fully saturated rings. The SMILES string of the molecule is CCCC(CCC)(CNC(=O)c1ccccc1OC)c1ccccc1. The van der Waals surface area contributed by atoms with Gasteiger partial charge in [-0.05, 0) is 30.5 Å². The summed E-state index contributed by atoms with van der Waals surface area (Å²) in [6.07, 6.45) is 4.27. The molecule has 2 aromatic carbocycles. The zero-order valence-corrected chi connectivity index (χ0v) is 15.5. The lowest BCUT2D eigenvalue weighted by Crippen LogP contribution is -2.41. The molecule has 0 aromatic heterocycles. The Morgan fingerprint density at radius 3 is 2.16 bits per heavy atom. The van der Waals surface area contributed by atoms with Crippen molar-refractivity contribution in [3.63, 3.8) is 0 Å². The Balaban J connectivity index is 2.23. The Kier molecular flexibility index (Phi) is 7.05. The normalized spacial score (nSPS) is 11.2. The fraction of sp³-hybridized carbons (Fsp3) is 0.409. The van der Waals surface area contributed by atoms with E-state index in [2.05, 4.69) is 43.4 Å². The zero-order valence-electron chi connectivity index (χ0n) is 15.5. The van der Waals surface area contributed by atoms with Crippen LogP contribution >= 0.6 is 0 Å². The summed E-state index contributed by atoms with van der Waals surface area (Å²) in [6, 6.07) is 17.9. The molecule has 1 amide bonds. The summed E-state index contributed by atoms with van der Waals surface area (Å²) in [6.45, 7) is 5.04. The highest BCUT2D eigenvalue weighted by Gasteiger charge is 2.31. The number of rotatable bonds is 9. The number of benzene rings is 2. The molecule has 0 aliphatic carbocycles. The number of amides is 1. The molecule has 25 heavy (non-hydrogen) atoms. The van der Waals surface area contributed by atoms with E-state index in [4.69, 9.17) is 4.74 Å². The molecule has 3 nitrogen and oxygen atoms in total. The highest BCUT2D eigenvalue weighted by atomic mass is 16.5. The minimum Gasteiger partial charge on any atom is -0.496 e. The minimum absolute atomic E-state index is 0.0254. The summed E-state index contributed by atoms with van der Waals surface area (Å²) in [7, 11) is 1.59. The maximum Gasteiger partial charge on any atom is 0.255 e. The summed E-state index contributed by atoms with van der Waals surface area (Å²) in [4.78, 5) is 12.7. The molecular weight excluding hydrogens is 310 g/mol. The van der Waals surface area contributed by atoms with Crippen LogP contribution in [0.3, 0.4) is 0 Å². The molecule has 134 valence electrons. The number of para-hydroxylation sites is 1. The van der Waals surface area contributed by atoms with Gasteiger partial charge in [-0.1, -0.05) is 69.2 Å². The Labute approximate surface area is 151 Å². The van der Waals surface area contributed by atoms with Crippen molar-refractivity contribution in [3.05, 3.63) is 65.7 Å². The molecule has 0 aliphatic heterocycles. The third kappa shape index (κ3) is 4.62. The van der Waals surface area contributed by atoms with Crippen molar-refractivity contribution in [2.45, 2.75) is 44.9 Å². The lowest BCUT2D eigenvalue weighted by Gasteiger charge is -2.34. The largest absolute Gasteiger partial charge is 0.496 e. The molecule has 0 saturated heterocycles. The van der Waals surface area contributed by atoms with Crippen LogP contribution < -0.4 is 10.1 Å². The smallest absolute Gasteiger partial charge is 0.255 e. The molecule has 0 unspecified atom stereocenters. The molecule has 0 atom stereocenters. The van der Waals surface area contributed by atoms with Crippen LogP contribution in [0.1, 0.15) is 55.5 Å². The summed E-state index contributed by atoms with van der Waals surface area (Å²) < 4.78 is 5.32. The summed E-state index contributed by atoms with van der Waals surface area (Å²) in [5.74, 6) is 0.529. The topological polar surface area (TPSA) is 38.3 Å². The molecule has 3 heteroatoms. The van der Waals surface area contributed by atoms with E-state index in [0.717, 1.165) is 25.7 Å². The van der Waals surface area contributed by atoms with Gasteiger partial charge in [0.1, 0.15) is 5.75 Å². The number of carbonyl (C=O) groups excluding carboxylic acids is 1. The third-order valence-electron chi connectivity index (χ3n) is 4.78. The quantitative estimate of drug-likeness (QED) is 0.701. The third-order valence-corrected chi connectivity index (χ3v) is 4.78. The second-order valence-electron chi connectivity index (χ2n) is 6.53. The van der Waals surface area contributed by atoms with Crippen LogP contribution in [0.15, 0.2) is 54.6 Å². The lowest BCUT2D eigenvalue weighted by atomic mass is 9.73. The zero-order chi connectivity index (χ0) is 18.1.